The van der Waals surface area contributed by atoms with Gasteiger partial charge in [-0.25, -0.2) is 4.79 Å². The van der Waals surface area contributed by atoms with Crippen molar-refractivity contribution < 1.29 is 14.1 Å². The summed E-state index contributed by atoms with van der Waals surface area (Å²) in [4.78, 5) is 10.6. The van der Waals surface area contributed by atoms with E-state index in [4.69, 9.17) is 9.26 Å². The Morgan fingerprint density at radius 1 is 1.13 bits per heavy atom. The summed E-state index contributed by atoms with van der Waals surface area (Å²) in [6.45, 7) is 6.30. The minimum atomic E-state index is -0.875. The fourth-order valence-corrected chi connectivity index (χ4v) is 1.11. The Morgan fingerprint density at radius 2 is 1.53 bits per heavy atom. The van der Waals surface area contributed by atoms with Crippen LogP contribution in [0.3, 0.4) is 0 Å². The first-order valence-corrected chi connectivity index (χ1v) is 5.59. The van der Waals surface area contributed by atoms with Crippen LogP contribution in [0.5, 0.6) is 0 Å². The van der Waals surface area contributed by atoms with Crippen LogP contribution >= 0.6 is 0 Å². The van der Waals surface area contributed by atoms with Crippen molar-refractivity contribution in [1.29, 1.82) is 0 Å². The van der Waals surface area contributed by atoms with E-state index >= 15 is 0 Å². The number of benzene rings is 1. The van der Waals surface area contributed by atoms with Crippen LogP contribution in [0.2, 0.25) is 0 Å². The van der Waals surface area contributed by atoms with Gasteiger partial charge >= 0.3 is 22.6 Å². The Kier molecular flexibility index (Phi) is 5.60. The molecule has 0 unspecified atom stereocenters. The molecule has 0 fully saturated rings. The molecule has 0 aliphatic rings. The molecule has 0 amide bonds. The van der Waals surface area contributed by atoms with E-state index in [0.29, 0.717) is 22.2 Å². The summed E-state index contributed by atoms with van der Waals surface area (Å²) < 4.78 is 7.14. The van der Waals surface area contributed by atoms with Gasteiger partial charge in [0.1, 0.15) is 0 Å². The lowest BCUT2D eigenvalue weighted by Crippen LogP contribution is -2.11. The summed E-state index contributed by atoms with van der Waals surface area (Å²) in [5.74, 6) is -0.875. The molecule has 1 aromatic rings. The van der Waals surface area contributed by atoms with E-state index in [-0.39, 0.29) is 5.41 Å². The van der Waals surface area contributed by atoms with Crippen LogP contribution in [0.4, 0.5) is 0 Å². The molecule has 82 valence electrons. The van der Waals surface area contributed by atoms with Gasteiger partial charge in [-0.15, -0.1) is 0 Å². The molecule has 0 spiro atoms. The quantitative estimate of drug-likeness (QED) is 0.705. The minimum Gasteiger partial charge on any atom is -0.521 e. The summed E-state index contributed by atoms with van der Waals surface area (Å²) in [6.07, 6.45) is 0. The first-order chi connectivity index (χ1) is 6.91. The van der Waals surface area contributed by atoms with Crippen molar-refractivity contribution in [2.24, 2.45) is 0 Å². The summed E-state index contributed by atoms with van der Waals surface area (Å²) in [5.41, 5.74) is 1.57. The van der Waals surface area contributed by atoms with Crippen LogP contribution in [0, 0.1) is 0 Å². The highest BCUT2D eigenvalue weighted by molar-refractivity contribution is 5.95. The second-order valence-electron chi connectivity index (χ2n) is 4.13. The number of carboxylic acid groups (broad SMARTS) is 1. The van der Waals surface area contributed by atoms with Crippen molar-refractivity contribution >= 4 is 22.6 Å². The van der Waals surface area contributed by atoms with Gasteiger partial charge in [0.25, 0.3) is 0 Å². The Labute approximate surface area is 98.5 Å². The van der Waals surface area contributed by atoms with Gasteiger partial charge in [0.15, 0.2) is 0 Å². The highest BCUT2D eigenvalue weighted by Gasteiger charge is 2.13. The predicted octanol–water partition coefficient (Wildman–Crippen LogP) is 1.21. The van der Waals surface area contributed by atoms with Crippen LogP contribution < -0.4 is 0 Å². The van der Waals surface area contributed by atoms with Crippen LogP contribution in [0.15, 0.2) is 24.3 Å². The van der Waals surface area contributed by atoms with Gasteiger partial charge in [0.2, 0.25) is 0 Å². The molecule has 2 N–H and O–H groups in total. The number of carboxylic acids is 1. The monoisotopic (exact) mass is 224 g/mol. The lowest BCUT2D eigenvalue weighted by atomic mass is 9.87. The van der Waals surface area contributed by atoms with Gasteiger partial charge in [-0.3, -0.25) is 0 Å². The fourth-order valence-electron chi connectivity index (χ4n) is 1.11. The van der Waals surface area contributed by atoms with Crippen molar-refractivity contribution in [3.8, 4) is 0 Å². The zero-order chi connectivity index (χ0) is 12.1. The van der Waals surface area contributed by atoms with E-state index in [2.05, 4.69) is 20.8 Å². The molecule has 15 heavy (non-hydrogen) atoms. The summed E-state index contributed by atoms with van der Waals surface area (Å²) in [7, 11) is 0. The molecule has 1 rings (SSSR count). The molecule has 0 saturated heterocycles. The number of hydrogen-bond acceptors (Lipinski definition) is 2. The van der Waals surface area contributed by atoms with Crippen LogP contribution in [-0.4, -0.2) is 31.9 Å². The topological polar surface area (TPSA) is 57.5 Å². The van der Waals surface area contributed by atoms with Gasteiger partial charge in [-0.05, 0) is 23.1 Å². The van der Waals surface area contributed by atoms with Gasteiger partial charge in [0.05, 0.1) is 5.56 Å². The summed E-state index contributed by atoms with van der Waals surface area (Å²) in [6, 6.07) is 7.01. The lowest BCUT2D eigenvalue weighted by Gasteiger charge is -2.18. The molecule has 0 bridgehead atoms. The van der Waals surface area contributed by atoms with Gasteiger partial charge in [-0.2, -0.15) is 0 Å². The third kappa shape index (κ3) is 4.48. The first-order valence-electron chi connectivity index (χ1n) is 4.70. The molecule has 0 heterocycles. The van der Waals surface area contributed by atoms with Crippen molar-refractivity contribution in [3.63, 3.8) is 0 Å². The molecule has 3 nitrogen and oxygen atoms in total. The Hall–Kier alpha value is -0.818. The van der Waals surface area contributed by atoms with Crippen LogP contribution in [0.25, 0.3) is 0 Å². The zero-order valence-corrected chi connectivity index (χ0v) is 11.6. The molecule has 1 aromatic carbocycles. The van der Waals surface area contributed by atoms with Crippen molar-refractivity contribution in [2.45, 2.75) is 26.2 Å². The molecule has 4 heteroatoms. The van der Waals surface area contributed by atoms with Gasteiger partial charge in [-0.1, -0.05) is 32.9 Å². The van der Waals surface area contributed by atoms with Crippen molar-refractivity contribution in [1.82, 2.24) is 0 Å². The van der Waals surface area contributed by atoms with Crippen LogP contribution in [0.1, 0.15) is 36.7 Å². The van der Waals surface area contributed by atoms with Crippen molar-refractivity contribution in [3.05, 3.63) is 35.4 Å². The molecule has 0 radical (unpaired) electrons. The lowest BCUT2D eigenvalue weighted by molar-refractivity contribution is 0.0697. The third-order valence-corrected chi connectivity index (χ3v) is 2.00. The molecule has 0 aromatic heterocycles. The molecule has 0 saturated carbocycles. The first kappa shape index (κ1) is 14.2. The Morgan fingerprint density at radius 3 is 1.80 bits per heavy atom. The van der Waals surface area contributed by atoms with E-state index in [1.807, 2.05) is 12.1 Å². The molecular weight excluding hydrogens is 207 g/mol. The maximum absolute atomic E-state index is 10.6. The molecule has 0 atom stereocenters. The average molecular weight is 224 g/mol. The third-order valence-electron chi connectivity index (χ3n) is 2.00. The summed E-state index contributed by atoms with van der Waals surface area (Å²) >= 11 is 0.306. The van der Waals surface area contributed by atoms with Crippen molar-refractivity contribution in [2.75, 3.05) is 0 Å². The fraction of sp³-hybridized carbons (Fsp3) is 0.364. The minimum absolute atomic E-state index is 0.0804. The number of rotatable bonds is 1. The Balaban J connectivity index is 0.000000921. The van der Waals surface area contributed by atoms with E-state index in [1.54, 1.807) is 12.1 Å². The van der Waals surface area contributed by atoms with E-state index in [1.165, 1.54) is 0 Å². The average Bonchev–Trinajstić information content (AvgIpc) is 2.20. The molecule has 0 aliphatic carbocycles. The number of hydrogen-bond donors (Lipinski definition) is 2. The predicted molar refractivity (Wildman–Crippen MR) is 62.9 cm³/mol. The highest BCUT2D eigenvalue weighted by Crippen LogP contribution is 2.21. The number of aromatic carboxylic acids is 1. The SMILES string of the molecule is CC(C)(C)c1ccc(C(=O)O)cc1.[OH][AlH2]. The largest absolute Gasteiger partial charge is 0.521 e. The smallest absolute Gasteiger partial charge is 0.407 e. The maximum Gasteiger partial charge on any atom is 0.407 e. The molecular formula is C11H17AlO3. The molecule has 0 aliphatic heterocycles. The Bertz CT molecular complexity index is 312. The maximum atomic E-state index is 10.6. The van der Waals surface area contributed by atoms with E-state index < -0.39 is 5.97 Å². The van der Waals surface area contributed by atoms with E-state index in [0.717, 1.165) is 5.56 Å². The number of carbonyl (C=O) groups is 1. The van der Waals surface area contributed by atoms with Crippen LogP contribution in [-0.2, 0) is 5.41 Å². The second-order valence-corrected chi connectivity index (χ2v) is 4.13. The zero-order valence-electron chi connectivity index (χ0n) is 9.61. The normalized spacial score (nSPS) is 10.1. The highest BCUT2D eigenvalue weighted by atomic mass is 27.1. The van der Waals surface area contributed by atoms with Gasteiger partial charge in [0, 0.05) is 0 Å². The second kappa shape index (κ2) is 5.92. The van der Waals surface area contributed by atoms with E-state index in [9.17, 15) is 4.79 Å². The summed E-state index contributed by atoms with van der Waals surface area (Å²) in [5, 5.41) is 8.68. The van der Waals surface area contributed by atoms with Gasteiger partial charge < -0.3 is 9.26 Å². The standard InChI is InChI=1S/C11H14O2.Al.H2O.2H/c1-11(2,3)9-6-4-8(5-7-9)10(12)13;;;;/h4-7H,1-3H3,(H,12,13);;1H2;;/q;+1;;;/p-1.